The molecular formula is C21H20N6O2. The summed E-state index contributed by atoms with van der Waals surface area (Å²) in [5, 5.41) is 3.26. The number of aromatic nitrogens is 4. The largest absolute Gasteiger partial charge is 0.493 e. The number of nitrogens with zero attached hydrogens (tertiary/aromatic N) is 4. The Kier molecular flexibility index (Phi) is 5.07. The fraction of sp³-hybridized carbons (Fsp3) is 0.143. The molecule has 3 N–H and O–H groups in total. The van der Waals surface area contributed by atoms with E-state index in [1.807, 2.05) is 48.5 Å². The second-order valence-corrected chi connectivity index (χ2v) is 6.24. The number of anilines is 2. The van der Waals surface area contributed by atoms with Crippen LogP contribution in [0.3, 0.4) is 0 Å². The van der Waals surface area contributed by atoms with E-state index < -0.39 is 0 Å². The highest BCUT2D eigenvalue weighted by Crippen LogP contribution is 2.32. The van der Waals surface area contributed by atoms with E-state index in [2.05, 4.69) is 20.3 Å². The van der Waals surface area contributed by atoms with E-state index in [4.69, 9.17) is 20.2 Å². The highest BCUT2D eigenvalue weighted by atomic mass is 16.5. The fourth-order valence-corrected chi connectivity index (χ4v) is 2.99. The Morgan fingerprint density at radius 2 is 1.79 bits per heavy atom. The summed E-state index contributed by atoms with van der Waals surface area (Å²) in [4.78, 5) is 17.7. The van der Waals surface area contributed by atoms with E-state index in [0.29, 0.717) is 34.9 Å². The monoisotopic (exact) mass is 388 g/mol. The highest BCUT2D eigenvalue weighted by molar-refractivity contribution is 5.88. The number of ether oxygens (including phenoxy) is 2. The predicted octanol–water partition coefficient (Wildman–Crippen LogP) is 3.30. The number of nitrogens with two attached hydrogens (primary N) is 1. The van der Waals surface area contributed by atoms with Crippen molar-refractivity contribution in [1.82, 2.24) is 19.9 Å². The second-order valence-electron chi connectivity index (χ2n) is 6.24. The maximum atomic E-state index is 5.88. The van der Waals surface area contributed by atoms with E-state index in [9.17, 15) is 0 Å². The maximum Gasteiger partial charge on any atom is 0.222 e. The maximum absolute atomic E-state index is 5.88. The first-order valence-electron chi connectivity index (χ1n) is 8.98. The molecule has 0 amide bonds. The summed E-state index contributed by atoms with van der Waals surface area (Å²) in [6.07, 6.45) is 1.75. The predicted molar refractivity (Wildman–Crippen MR) is 112 cm³/mol. The lowest BCUT2D eigenvalue weighted by atomic mass is 10.1. The van der Waals surface area contributed by atoms with E-state index in [0.717, 1.165) is 17.0 Å². The van der Waals surface area contributed by atoms with Gasteiger partial charge in [-0.3, -0.25) is 4.98 Å². The SMILES string of the molecule is COc1ccc(-c2ccc3nc(N)nc(NCc4ccccn4)c3n2)cc1OC. The van der Waals surface area contributed by atoms with Gasteiger partial charge in [-0.25, -0.2) is 9.97 Å². The molecule has 0 aliphatic carbocycles. The van der Waals surface area contributed by atoms with Crippen LogP contribution >= 0.6 is 0 Å². The smallest absolute Gasteiger partial charge is 0.222 e. The molecule has 0 atom stereocenters. The summed E-state index contributed by atoms with van der Waals surface area (Å²) < 4.78 is 10.7. The standard InChI is InChI=1S/C21H20N6O2/c1-28-17-9-6-13(11-18(17)29-2)15-7-8-16-19(25-15)20(27-21(22)26-16)24-12-14-5-3-4-10-23-14/h3-11H,12H2,1-2H3,(H3,22,24,26,27). The summed E-state index contributed by atoms with van der Waals surface area (Å²) in [5.41, 5.74) is 9.69. The zero-order chi connectivity index (χ0) is 20.2. The Morgan fingerprint density at radius 1 is 0.931 bits per heavy atom. The molecule has 4 aromatic rings. The zero-order valence-electron chi connectivity index (χ0n) is 16.1. The van der Waals surface area contributed by atoms with Gasteiger partial charge in [-0.05, 0) is 42.5 Å². The summed E-state index contributed by atoms with van der Waals surface area (Å²) in [6.45, 7) is 0.495. The van der Waals surface area contributed by atoms with Crippen molar-refractivity contribution in [3.05, 3.63) is 60.4 Å². The van der Waals surface area contributed by atoms with Crippen LogP contribution in [0, 0.1) is 0 Å². The van der Waals surface area contributed by atoms with Gasteiger partial charge in [0.25, 0.3) is 0 Å². The van der Waals surface area contributed by atoms with Gasteiger partial charge < -0.3 is 20.5 Å². The van der Waals surface area contributed by atoms with Gasteiger partial charge in [0.1, 0.15) is 5.52 Å². The number of rotatable bonds is 6. The first kappa shape index (κ1) is 18.4. The van der Waals surface area contributed by atoms with Gasteiger partial charge in [0.05, 0.1) is 37.7 Å². The van der Waals surface area contributed by atoms with Crippen molar-refractivity contribution in [1.29, 1.82) is 0 Å². The molecule has 4 rings (SSSR count). The van der Waals surface area contributed by atoms with Crippen molar-refractivity contribution in [2.75, 3.05) is 25.3 Å². The molecule has 0 fully saturated rings. The van der Waals surface area contributed by atoms with Gasteiger partial charge in [-0.15, -0.1) is 0 Å². The van der Waals surface area contributed by atoms with Crippen LogP contribution in [-0.2, 0) is 6.54 Å². The van der Waals surface area contributed by atoms with Crippen LogP contribution in [-0.4, -0.2) is 34.2 Å². The van der Waals surface area contributed by atoms with Gasteiger partial charge >= 0.3 is 0 Å². The minimum absolute atomic E-state index is 0.182. The van der Waals surface area contributed by atoms with Crippen molar-refractivity contribution in [2.45, 2.75) is 6.54 Å². The molecule has 0 bridgehead atoms. The van der Waals surface area contributed by atoms with Crippen molar-refractivity contribution < 1.29 is 9.47 Å². The number of nitrogens with one attached hydrogen (secondary N) is 1. The van der Waals surface area contributed by atoms with Gasteiger partial charge in [0.2, 0.25) is 5.95 Å². The number of pyridine rings is 2. The van der Waals surface area contributed by atoms with Crippen LogP contribution in [0.2, 0.25) is 0 Å². The van der Waals surface area contributed by atoms with Crippen molar-refractivity contribution in [3.8, 4) is 22.8 Å². The van der Waals surface area contributed by atoms with Crippen molar-refractivity contribution in [3.63, 3.8) is 0 Å². The average molecular weight is 388 g/mol. The molecule has 0 unspecified atom stereocenters. The van der Waals surface area contributed by atoms with Crippen LogP contribution in [0.4, 0.5) is 11.8 Å². The number of hydrogen-bond acceptors (Lipinski definition) is 8. The number of hydrogen-bond donors (Lipinski definition) is 2. The molecule has 146 valence electrons. The normalized spacial score (nSPS) is 10.7. The summed E-state index contributed by atoms with van der Waals surface area (Å²) in [7, 11) is 3.21. The van der Waals surface area contributed by atoms with Crippen LogP contribution in [0.1, 0.15) is 5.69 Å². The van der Waals surface area contributed by atoms with Crippen LogP contribution in [0.5, 0.6) is 11.5 Å². The Morgan fingerprint density at radius 3 is 2.55 bits per heavy atom. The molecule has 0 aliphatic heterocycles. The van der Waals surface area contributed by atoms with Gasteiger partial charge in [-0.2, -0.15) is 4.98 Å². The summed E-state index contributed by atoms with van der Waals surface area (Å²) in [5.74, 6) is 2.03. The lowest BCUT2D eigenvalue weighted by Crippen LogP contribution is -2.07. The third-order valence-corrected chi connectivity index (χ3v) is 4.40. The number of fused-ring (bicyclic) bond motifs is 1. The molecule has 3 heterocycles. The quantitative estimate of drug-likeness (QED) is 0.518. The lowest BCUT2D eigenvalue weighted by Gasteiger charge is -2.11. The second kappa shape index (κ2) is 7.97. The molecule has 1 aromatic carbocycles. The van der Waals surface area contributed by atoms with Gasteiger partial charge in [0, 0.05) is 11.8 Å². The summed E-state index contributed by atoms with van der Waals surface area (Å²) in [6, 6.07) is 15.2. The molecule has 0 saturated heterocycles. The van der Waals surface area contributed by atoms with E-state index in [-0.39, 0.29) is 5.95 Å². The van der Waals surface area contributed by atoms with Gasteiger partial charge in [-0.1, -0.05) is 6.07 Å². The minimum Gasteiger partial charge on any atom is -0.493 e. The molecule has 8 nitrogen and oxygen atoms in total. The van der Waals surface area contributed by atoms with Crippen molar-refractivity contribution >= 4 is 22.8 Å². The average Bonchev–Trinajstić information content (AvgIpc) is 2.77. The molecule has 29 heavy (non-hydrogen) atoms. The Labute approximate surface area is 167 Å². The number of nitrogen functional groups attached to an aromatic ring is 1. The molecule has 0 spiro atoms. The van der Waals surface area contributed by atoms with Crippen LogP contribution in [0.25, 0.3) is 22.3 Å². The minimum atomic E-state index is 0.182. The van der Waals surface area contributed by atoms with E-state index in [1.165, 1.54) is 0 Å². The van der Waals surface area contributed by atoms with Crippen LogP contribution < -0.4 is 20.5 Å². The van der Waals surface area contributed by atoms with Crippen molar-refractivity contribution in [2.24, 2.45) is 0 Å². The van der Waals surface area contributed by atoms with E-state index in [1.54, 1.807) is 20.4 Å². The van der Waals surface area contributed by atoms with Gasteiger partial charge in [0.15, 0.2) is 17.3 Å². The topological polar surface area (TPSA) is 108 Å². The van der Waals surface area contributed by atoms with Crippen LogP contribution in [0.15, 0.2) is 54.7 Å². The Balaban J connectivity index is 1.73. The lowest BCUT2D eigenvalue weighted by molar-refractivity contribution is 0.355. The molecule has 3 aromatic heterocycles. The molecule has 0 saturated carbocycles. The summed E-state index contributed by atoms with van der Waals surface area (Å²) >= 11 is 0. The molecule has 8 heteroatoms. The third-order valence-electron chi connectivity index (χ3n) is 4.40. The number of benzene rings is 1. The first-order valence-corrected chi connectivity index (χ1v) is 8.98. The first-order chi connectivity index (χ1) is 14.2. The number of methoxy groups -OCH3 is 2. The molecule has 0 aliphatic rings. The van der Waals surface area contributed by atoms with E-state index >= 15 is 0 Å². The third kappa shape index (κ3) is 3.86. The highest BCUT2D eigenvalue weighted by Gasteiger charge is 2.12. The Hall–Kier alpha value is -3.94. The molecule has 0 radical (unpaired) electrons. The Bertz CT molecular complexity index is 1150. The fourth-order valence-electron chi connectivity index (χ4n) is 2.99. The zero-order valence-corrected chi connectivity index (χ0v) is 16.1. The molecular weight excluding hydrogens is 368 g/mol.